The van der Waals surface area contributed by atoms with Gasteiger partial charge in [-0.15, -0.1) is 0 Å². The van der Waals surface area contributed by atoms with Crippen LogP contribution in [0.5, 0.6) is 0 Å². The molecule has 4 nitrogen and oxygen atoms in total. The van der Waals surface area contributed by atoms with Gasteiger partial charge in [-0.2, -0.15) is 0 Å². The van der Waals surface area contributed by atoms with E-state index in [4.69, 9.17) is 0 Å². The van der Waals surface area contributed by atoms with Crippen molar-refractivity contribution in [3.05, 3.63) is 53.6 Å². The van der Waals surface area contributed by atoms with E-state index in [-0.39, 0.29) is 5.91 Å². The lowest BCUT2D eigenvalue weighted by Gasteiger charge is -2.27. The van der Waals surface area contributed by atoms with Crippen LogP contribution in [-0.2, 0) is 20.0 Å². The highest BCUT2D eigenvalue weighted by molar-refractivity contribution is 5.94. The second-order valence-electron chi connectivity index (χ2n) is 4.59. The highest BCUT2D eigenvalue weighted by Gasteiger charge is 2.24. The molecular weight excluding hydrogens is 226 g/mol. The van der Waals surface area contributed by atoms with Crippen LogP contribution in [-0.4, -0.2) is 26.9 Å². The summed E-state index contributed by atoms with van der Waals surface area (Å²) in [6.07, 6.45) is 2.66. The number of hydrogen-bond donors (Lipinski definition) is 0. The van der Waals surface area contributed by atoms with Crippen LogP contribution in [0.25, 0.3) is 0 Å². The Morgan fingerprint density at radius 2 is 2.06 bits per heavy atom. The zero-order chi connectivity index (χ0) is 12.5. The molecule has 0 unspecified atom stereocenters. The molecule has 1 aromatic heterocycles. The zero-order valence-electron chi connectivity index (χ0n) is 10.3. The minimum Gasteiger partial charge on any atom is -0.336 e. The van der Waals surface area contributed by atoms with Crippen molar-refractivity contribution in [2.45, 2.75) is 13.0 Å². The number of imidazole rings is 1. The van der Waals surface area contributed by atoms with Crippen LogP contribution in [0.3, 0.4) is 0 Å². The van der Waals surface area contributed by atoms with Crippen LogP contribution in [0.2, 0.25) is 0 Å². The fourth-order valence-corrected chi connectivity index (χ4v) is 2.35. The number of rotatable bonds is 1. The van der Waals surface area contributed by atoms with E-state index in [1.165, 1.54) is 0 Å². The van der Waals surface area contributed by atoms with Gasteiger partial charge in [0.25, 0.3) is 5.91 Å². The van der Waals surface area contributed by atoms with Crippen LogP contribution in [0.1, 0.15) is 21.7 Å². The topological polar surface area (TPSA) is 38.1 Å². The maximum Gasteiger partial charge on any atom is 0.254 e. The predicted octanol–water partition coefficient (Wildman–Crippen LogP) is 1.62. The Balaban J connectivity index is 1.84. The van der Waals surface area contributed by atoms with E-state index < -0.39 is 0 Å². The number of aromatic nitrogens is 2. The fraction of sp³-hybridized carbons (Fsp3) is 0.286. The van der Waals surface area contributed by atoms with Crippen LogP contribution in [0, 0.1) is 0 Å². The van der Waals surface area contributed by atoms with E-state index in [1.807, 2.05) is 53.2 Å². The summed E-state index contributed by atoms with van der Waals surface area (Å²) in [7, 11) is 1.97. The first-order valence-corrected chi connectivity index (χ1v) is 6.09. The maximum atomic E-state index is 12.3. The zero-order valence-corrected chi connectivity index (χ0v) is 10.3. The van der Waals surface area contributed by atoms with Crippen LogP contribution in [0.15, 0.2) is 36.7 Å². The van der Waals surface area contributed by atoms with Gasteiger partial charge < -0.3 is 9.47 Å². The standard InChI is InChI=1S/C14H15N3O/c1-16-10-15-12-7-8-17(9-13(12)16)14(18)11-5-3-2-4-6-11/h2-6,10H,7-9H2,1H3. The number of amides is 1. The molecule has 2 aromatic rings. The Hall–Kier alpha value is -2.10. The maximum absolute atomic E-state index is 12.3. The van der Waals surface area contributed by atoms with Crippen molar-refractivity contribution < 1.29 is 4.79 Å². The van der Waals surface area contributed by atoms with E-state index in [0.717, 1.165) is 29.9 Å². The van der Waals surface area contributed by atoms with Crippen molar-refractivity contribution >= 4 is 5.91 Å². The van der Waals surface area contributed by atoms with Crippen molar-refractivity contribution in [3.8, 4) is 0 Å². The Bertz CT molecular complexity index is 574. The molecule has 0 atom stereocenters. The van der Waals surface area contributed by atoms with Gasteiger partial charge in [0.15, 0.2) is 0 Å². The van der Waals surface area contributed by atoms with Gasteiger partial charge in [-0.1, -0.05) is 18.2 Å². The number of carbonyl (C=O) groups excluding carboxylic acids is 1. The highest BCUT2D eigenvalue weighted by atomic mass is 16.2. The smallest absolute Gasteiger partial charge is 0.254 e. The largest absolute Gasteiger partial charge is 0.336 e. The first kappa shape index (κ1) is 11.0. The Labute approximate surface area is 106 Å². The third kappa shape index (κ3) is 1.79. The van der Waals surface area contributed by atoms with Gasteiger partial charge in [0.1, 0.15) is 0 Å². The summed E-state index contributed by atoms with van der Waals surface area (Å²) in [5.41, 5.74) is 3.02. The third-order valence-corrected chi connectivity index (χ3v) is 3.41. The lowest BCUT2D eigenvalue weighted by Crippen LogP contribution is -2.36. The number of hydrogen-bond acceptors (Lipinski definition) is 2. The second-order valence-corrected chi connectivity index (χ2v) is 4.59. The first-order valence-electron chi connectivity index (χ1n) is 6.09. The fourth-order valence-electron chi connectivity index (χ4n) is 2.35. The van der Waals surface area contributed by atoms with Crippen molar-refractivity contribution in [1.82, 2.24) is 14.5 Å². The summed E-state index contributed by atoms with van der Waals surface area (Å²) in [6, 6.07) is 9.44. The monoisotopic (exact) mass is 241 g/mol. The van der Waals surface area contributed by atoms with Crippen molar-refractivity contribution in [3.63, 3.8) is 0 Å². The molecule has 1 aromatic carbocycles. The third-order valence-electron chi connectivity index (χ3n) is 3.41. The molecule has 0 fully saturated rings. The number of aryl methyl sites for hydroxylation is 1. The lowest BCUT2D eigenvalue weighted by atomic mass is 10.1. The van der Waals surface area contributed by atoms with Crippen molar-refractivity contribution in [1.29, 1.82) is 0 Å². The number of fused-ring (bicyclic) bond motifs is 1. The molecule has 1 amide bonds. The Morgan fingerprint density at radius 3 is 2.83 bits per heavy atom. The molecule has 0 saturated carbocycles. The van der Waals surface area contributed by atoms with Gasteiger partial charge in [-0.25, -0.2) is 4.98 Å². The minimum absolute atomic E-state index is 0.0995. The average molecular weight is 241 g/mol. The van der Waals surface area contributed by atoms with Crippen molar-refractivity contribution in [2.24, 2.45) is 7.05 Å². The van der Waals surface area contributed by atoms with Gasteiger partial charge in [0.2, 0.25) is 0 Å². The molecule has 18 heavy (non-hydrogen) atoms. The summed E-state index contributed by atoms with van der Waals surface area (Å²) < 4.78 is 2.00. The highest BCUT2D eigenvalue weighted by Crippen LogP contribution is 2.18. The summed E-state index contributed by atoms with van der Waals surface area (Å²) in [5.74, 6) is 0.0995. The molecule has 2 heterocycles. The molecule has 0 saturated heterocycles. The summed E-state index contributed by atoms with van der Waals surface area (Å²) in [5, 5.41) is 0. The normalized spacial score (nSPS) is 14.4. The molecule has 1 aliphatic heterocycles. The van der Waals surface area contributed by atoms with Gasteiger partial charge in [0, 0.05) is 25.6 Å². The number of carbonyl (C=O) groups is 1. The van der Waals surface area contributed by atoms with Gasteiger partial charge in [-0.05, 0) is 12.1 Å². The molecule has 0 aliphatic carbocycles. The number of benzene rings is 1. The quantitative estimate of drug-likeness (QED) is 0.761. The van der Waals surface area contributed by atoms with Gasteiger partial charge in [0.05, 0.1) is 24.3 Å². The van der Waals surface area contributed by atoms with E-state index in [0.29, 0.717) is 6.54 Å². The Morgan fingerprint density at radius 1 is 1.28 bits per heavy atom. The first-order chi connectivity index (χ1) is 8.75. The molecule has 3 rings (SSSR count). The average Bonchev–Trinajstić information content (AvgIpc) is 2.80. The minimum atomic E-state index is 0.0995. The lowest BCUT2D eigenvalue weighted by molar-refractivity contribution is 0.0730. The number of nitrogens with zero attached hydrogens (tertiary/aromatic N) is 3. The van der Waals surface area contributed by atoms with Crippen LogP contribution >= 0.6 is 0 Å². The molecule has 0 N–H and O–H groups in total. The van der Waals surface area contributed by atoms with E-state index in [2.05, 4.69) is 4.98 Å². The molecular formula is C14H15N3O. The molecule has 1 aliphatic rings. The summed E-state index contributed by atoms with van der Waals surface area (Å²) in [4.78, 5) is 18.6. The molecule has 4 heteroatoms. The summed E-state index contributed by atoms with van der Waals surface area (Å²) >= 11 is 0. The second kappa shape index (κ2) is 4.29. The molecule has 0 spiro atoms. The molecule has 92 valence electrons. The van der Waals surface area contributed by atoms with Crippen molar-refractivity contribution in [2.75, 3.05) is 6.54 Å². The molecule has 0 bridgehead atoms. The summed E-state index contributed by atoms with van der Waals surface area (Å²) in [6.45, 7) is 1.40. The SMILES string of the molecule is Cn1cnc2c1CN(C(=O)c1ccccc1)CC2. The van der Waals surface area contributed by atoms with E-state index in [1.54, 1.807) is 0 Å². The predicted molar refractivity (Wildman–Crippen MR) is 68.1 cm³/mol. The Kier molecular flexibility index (Phi) is 2.63. The van der Waals surface area contributed by atoms with Gasteiger partial charge in [-0.3, -0.25) is 4.79 Å². The van der Waals surface area contributed by atoms with Gasteiger partial charge >= 0.3 is 0 Å². The van der Waals surface area contributed by atoms with Crippen LogP contribution in [0.4, 0.5) is 0 Å². The van der Waals surface area contributed by atoms with E-state index >= 15 is 0 Å². The van der Waals surface area contributed by atoms with E-state index in [9.17, 15) is 4.79 Å². The molecule has 0 radical (unpaired) electrons. The van der Waals surface area contributed by atoms with Crippen LogP contribution < -0.4 is 0 Å².